The summed E-state index contributed by atoms with van der Waals surface area (Å²) in [4.78, 5) is 23.4. The van der Waals surface area contributed by atoms with Crippen LogP contribution in [0.1, 0.15) is 8.35 Å². The Morgan fingerprint density at radius 1 is 1.58 bits per heavy atom. The van der Waals surface area contributed by atoms with E-state index in [0.717, 1.165) is 6.26 Å². The molecule has 4 atom stereocenters. The van der Waals surface area contributed by atoms with Gasteiger partial charge in [-0.05, 0) is 6.92 Å². The van der Waals surface area contributed by atoms with Crippen molar-refractivity contribution in [2.75, 3.05) is 12.4 Å². The van der Waals surface area contributed by atoms with E-state index in [1.54, 1.807) is 6.92 Å². The lowest BCUT2D eigenvalue weighted by molar-refractivity contribution is -0.150. The third-order valence-corrected chi connectivity index (χ3v) is 5.83. The van der Waals surface area contributed by atoms with Gasteiger partial charge in [-0.25, -0.2) is 8.42 Å². The molecule has 2 aliphatic rings. The Hall–Kier alpha value is -1.41. The van der Waals surface area contributed by atoms with Crippen molar-refractivity contribution in [2.24, 2.45) is 17.6 Å². The quantitative estimate of drug-likeness (QED) is 0.534. The first kappa shape index (κ1) is 14.0. The van der Waals surface area contributed by atoms with Crippen LogP contribution in [0, 0.1) is 11.8 Å². The molecule has 2 rings (SSSR count). The second kappa shape index (κ2) is 4.31. The van der Waals surface area contributed by atoms with Crippen LogP contribution in [0.5, 0.6) is 0 Å². The van der Waals surface area contributed by atoms with Crippen molar-refractivity contribution in [3.05, 3.63) is 12.8 Å². The second-order valence-corrected chi connectivity index (χ2v) is 6.85. The van der Waals surface area contributed by atoms with Crippen molar-refractivity contribution in [2.45, 2.75) is 17.7 Å². The first-order chi connectivity index (χ1) is 8.79. The van der Waals surface area contributed by atoms with Gasteiger partial charge in [0.05, 0.1) is 29.8 Å². The number of nitrogens with two attached hydrogens (primary N) is 1. The van der Waals surface area contributed by atoms with Gasteiger partial charge >= 0.3 is 11.9 Å². The predicted molar refractivity (Wildman–Crippen MR) is 66.5 cm³/mol. The molecule has 8 heteroatoms. The van der Waals surface area contributed by atoms with Crippen LogP contribution in [0.3, 0.4) is 0 Å². The average Bonchev–Trinajstić information content (AvgIpc) is 3.00. The molecule has 1 saturated carbocycles. The zero-order valence-electron chi connectivity index (χ0n) is 10.4. The van der Waals surface area contributed by atoms with Gasteiger partial charge in [0.1, 0.15) is 5.54 Å². The molecule has 0 aromatic rings. The number of hydrogen-bond donors (Lipinski definition) is 1. The highest BCUT2D eigenvalue weighted by molar-refractivity contribution is 7.92. The summed E-state index contributed by atoms with van der Waals surface area (Å²) in [6.07, 6.45) is 0.922. The van der Waals surface area contributed by atoms with Crippen molar-refractivity contribution in [3.8, 4) is 0 Å². The lowest BCUT2D eigenvalue weighted by atomic mass is 9.95. The predicted octanol–water partition coefficient (Wildman–Crippen LogP) is -0.777. The molecule has 2 fully saturated rings. The molecule has 0 amide bonds. The van der Waals surface area contributed by atoms with Crippen LogP contribution in [-0.2, 0) is 28.9 Å². The molecule has 0 bridgehead atoms. The standard InChI is InChI=1S/C11H15NO6S.H2/c1-3-17-9(13)6-7-8(6)19(15,16)5-11(7,12)10(14)18-4-2;/h3,6-8H,1,4-5,12H2,2H3;1H/t6-,7-,8+,11-;/m1./s1. The van der Waals surface area contributed by atoms with Crippen LogP contribution in [-0.4, -0.2) is 43.5 Å². The smallest absolute Gasteiger partial charge is 0.327 e. The average molecular weight is 291 g/mol. The van der Waals surface area contributed by atoms with Crippen molar-refractivity contribution in [3.63, 3.8) is 0 Å². The maximum Gasteiger partial charge on any atom is 0.327 e. The Kier molecular flexibility index (Phi) is 3.18. The van der Waals surface area contributed by atoms with Gasteiger partial charge in [-0.1, -0.05) is 6.58 Å². The van der Waals surface area contributed by atoms with Gasteiger partial charge in [0, 0.05) is 7.34 Å². The molecule has 0 unspecified atom stereocenters. The van der Waals surface area contributed by atoms with Gasteiger partial charge in [0.2, 0.25) is 0 Å². The number of hydrogen-bond acceptors (Lipinski definition) is 7. The fourth-order valence-electron chi connectivity index (χ4n) is 2.77. The minimum atomic E-state index is -3.60. The zero-order valence-corrected chi connectivity index (χ0v) is 11.2. The van der Waals surface area contributed by atoms with Crippen molar-refractivity contribution in [1.82, 2.24) is 0 Å². The number of esters is 2. The van der Waals surface area contributed by atoms with Crippen LogP contribution in [0.4, 0.5) is 0 Å². The van der Waals surface area contributed by atoms with Crippen LogP contribution >= 0.6 is 0 Å². The van der Waals surface area contributed by atoms with E-state index in [1.165, 1.54) is 0 Å². The number of fused-ring (bicyclic) bond motifs is 1. The number of rotatable bonds is 4. The van der Waals surface area contributed by atoms with E-state index in [-0.39, 0.29) is 8.03 Å². The highest BCUT2D eigenvalue weighted by Crippen LogP contribution is 2.57. The van der Waals surface area contributed by atoms with E-state index in [4.69, 9.17) is 10.5 Å². The van der Waals surface area contributed by atoms with E-state index >= 15 is 0 Å². The molecule has 1 saturated heterocycles. The van der Waals surface area contributed by atoms with E-state index in [9.17, 15) is 18.0 Å². The third kappa shape index (κ3) is 1.95. The van der Waals surface area contributed by atoms with E-state index < -0.39 is 50.2 Å². The van der Waals surface area contributed by atoms with Gasteiger partial charge in [-0.3, -0.25) is 9.59 Å². The summed E-state index contributed by atoms with van der Waals surface area (Å²) >= 11 is 0. The van der Waals surface area contributed by atoms with Crippen molar-refractivity contribution in [1.29, 1.82) is 0 Å². The van der Waals surface area contributed by atoms with Crippen LogP contribution in [0.25, 0.3) is 0 Å². The molecule has 1 aliphatic heterocycles. The SMILES string of the molecule is C=COC(=O)[C@@H]1[C@@H]2[C@H]1S(=O)(=O)C[C@]2(N)C(=O)OCC.[HH]. The molecule has 7 nitrogen and oxygen atoms in total. The summed E-state index contributed by atoms with van der Waals surface area (Å²) in [5, 5.41) is -0.950. The topological polar surface area (TPSA) is 113 Å². The van der Waals surface area contributed by atoms with E-state index in [0.29, 0.717) is 0 Å². The summed E-state index contributed by atoms with van der Waals surface area (Å²) < 4.78 is 33.2. The van der Waals surface area contributed by atoms with Crippen molar-refractivity contribution >= 4 is 21.8 Å². The third-order valence-electron chi connectivity index (χ3n) is 3.53. The highest BCUT2D eigenvalue weighted by atomic mass is 32.2. The lowest BCUT2D eigenvalue weighted by Crippen LogP contribution is -2.54. The monoisotopic (exact) mass is 291 g/mol. The molecule has 0 spiro atoms. The Balaban J connectivity index is 0.00000200. The van der Waals surface area contributed by atoms with Crippen LogP contribution in [0.15, 0.2) is 12.8 Å². The molecule has 0 radical (unpaired) electrons. The van der Waals surface area contributed by atoms with E-state index in [2.05, 4.69) is 11.3 Å². The minimum absolute atomic E-state index is 0. The van der Waals surface area contributed by atoms with E-state index in [1.807, 2.05) is 0 Å². The molecule has 19 heavy (non-hydrogen) atoms. The summed E-state index contributed by atoms with van der Waals surface area (Å²) in [5.74, 6) is -3.70. The first-order valence-corrected chi connectivity index (χ1v) is 7.50. The minimum Gasteiger partial charge on any atom is -0.465 e. The fourth-order valence-corrected chi connectivity index (χ4v) is 5.43. The fraction of sp³-hybridized carbons (Fsp3) is 0.636. The number of sulfone groups is 1. The first-order valence-electron chi connectivity index (χ1n) is 5.78. The van der Waals surface area contributed by atoms with Gasteiger partial charge in [0.15, 0.2) is 9.84 Å². The molecular formula is C11H17NO6S. The number of carbonyl (C=O) groups excluding carboxylic acids is 2. The Labute approximate surface area is 112 Å². The summed E-state index contributed by atoms with van der Waals surface area (Å²) in [6.45, 7) is 4.92. The van der Waals surface area contributed by atoms with Gasteiger partial charge in [-0.15, -0.1) is 0 Å². The molecular weight excluding hydrogens is 274 g/mol. The number of ether oxygens (including phenoxy) is 2. The Bertz CT molecular complexity index is 547. The molecule has 1 aliphatic carbocycles. The maximum absolute atomic E-state index is 11.9. The molecule has 0 aromatic carbocycles. The Morgan fingerprint density at radius 2 is 2.21 bits per heavy atom. The molecule has 2 N–H and O–H groups in total. The normalized spacial score (nSPS) is 38.1. The van der Waals surface area contributed by atoms with Gasteiger partial charge < -0.3 is 15.2 Å². The zero-order chi connectivity index (χ0) is 14.4. The highest BCUT2D eigenvalue weighted by Gasteiger charge is 2.77. The van der Waals surface area contributed by atoms with Crippen LogP contribution in [0.2, 0.25) is 0 Å². The van der Waals surface area contributed by atoms with Crippen LogP contribution < -0.4 is 5.73 Å². The Morgan fingerprint density at radius 3 is 2.74 bits per heavy atom. The summed E-state index contributed by atoms with van der Waals surface area (Å²) in [5.41, 5.74) is 4.22. The summed E-state index contributed by atoms with van der Waals surface area (Å²) in [6, 6.07) is 0. The molecule has 0 aromatic heterocycles. The maximum atomic E-state index is 11.9. The second-order valence-electron chi connectivity index (χ2n) is 4.69. The van der Waals surface area contributed by atoms with Gasteiger partial charge in [-0.2, -0.15) is 0 Å². The number of carbonyl (C=O) groups is 2. The van der Waals surface area contributed by atoms with Gasteiger partial charge in [0.25, 0.3) is 0 Å². The summed E-state index contributed by atoms with van der Waals surface area (Å²) in [7, 11) is -3.60. The largest absolute Gasteiger partial charge is 0.465 e. The molecule has 1 heterocycles. The molecule has 108 valence electrons. The van der Waals surface area contributed by atoms with Crippen molar-refractivity contribution < 1.29 is 28.9 Å². The lowest BCUT2D eigenvalue weighted by Gasteiger charge is -2.23.